The third-order valence-electron chi connectivity index (χ3n) is 2.66. The van der Waals surface area contributed by atoms with E-state index < -0.39 is 5.91 Å². The van der Waals surface area contributed by atoms with Crippen LogP contribution in [-0.4, -0.2) is 29.5 Å². The number of likely N-dealkylation sites (N-methyl/N-ethyl adjacent to an activating group) is 1. The lowest BCUT2D eigenvalue weighted by atomic mass is 10.2. The van der Waals surface area contributed by atoms with Crippen LogP contribution >= 0.6 is 11.6 Å². The van der Waals surface area contributed by atoms with Gasteiger partial charge in [0.15, 0.2) is 5.82 Å². The van der Waals surface area contributed by atoms with E-state index in [0.717, 1.165) is 5.56 Å². The first-order valence-corrected chi connectivity index (χ1v) is 6.61. The lowest BCUT2D eigenvalue weighted by molar-refractivity contribution is -0.116. The molecule has 0 bridgehead atoms. The number of carbonyl (C=O) groups excluding carboxylic acids is 1. The highest BCUT2D eigenvalue weighted by molar-refractivity contribution is 6.30. The van der Waals surface area contributed by atoms with Gasteiger partial charge in [0.1, 0.15) is 6.61 Å². The number of aromatic nitrogens is 2. The minimum absolute atomic E-state index is 0.0619. The van der Waals surface area contributed by atoms with Crippen molar-refractivity contribution >= 4 is 23.3 Å². The van der Waals surface area contributed by atoms with Crippen molar-refractivity contribution in [3.05, 3.63) is 47.2 Å². The largest absolute Gasteiger partial charge is 0.472 e. The number of ether oxygens (including phenoxy) is 1. The molecule has 110 valence electrons. The Labute approximate surface area is 127 Å². The van der Waals surface area contributed by atoms with E-state index in [1.54, 1.807) is 18.0 Å². The number of nitrogens with zero attached hydrogens (tertiary/aromatic N) is 3. The monoisotopic (exact) mass is 306 g/mol. The summed E-state index contributed by atoms with van der Waals surface area (Å²) < 4.78 is 5.57. The summed E-state index contributed by atoms with van der Waals surface area (Å²) in [6.07, 6.45) is 3.04. The van der Waals surface area contributed by atoms with Crippen LogP contribution in [0.2, 0.25) is 5.02 Å². The standard InChI is InChI=1S/C14H15ClN4O2/c1-19(8-12(16)20)13-6-17-7-14(18-13)21-9-10-3-2-4-11(15)5-10/h2-7H,8-9H2,1H3,(H2,16,20). The van der Waals surface area contributed by atoms with Gasteiger partial charge in [0, 0.05) is 12.1 Å². The van der Waals surface area contributed by atoms with Gasteiger partial charge in [0.25, 0.3) is 0 Å². The number of primary amides is 1. The van der Waals surface area contributed by atoms with Gasteiger partial charge >= 0.3 is 0 Å². The molecule has 2 N–H and O–H groups in total. The third kappa shape index (κ3) is 4.61. The Morgan fingerprint density at radius 1 is 1.43 bits per heavy atom. The molecule has 1 heterocycles. The summed E-state index contributed by atoms with van der Waals surface area (Å²) >= 11 is 5.91. The first kappa shape index (κ1) is 15.1. The Bertz CT molecular complexity index is 636. The second kappa shape index (κ2) is 6.90. The summed E-state index contributed by atoms with van der Waals surface area (Å²) in [5, 5.41) is 0.650. The molecular formula is C14H15ClN4O2. The first-order chi connectivity index (χ1) is 10.0. The number of halogens is 1. The number of carbonyl (C=O) groups is 1. The van der Waals surface area contributed by atoms with E-state index in [2.05, 4.69) is 9.97 Å². The lowest BCUT2D eigenvalue weighted by Gasteiger charge is -2.16. The van der Waals surface area contributed by atoms with Crippen molar-refractivity contribution in [2.45, 2.75) is 6.61 Å². The molecule has 21 heavy (non-hydrogen) atoms. The van der Waals surface area contributed by atoms with Gasteiger partial charge in [-0.25, -0.2) is 0 Å². The van der Waals surface area contributed by atoms with Gasteiger partial charge in [-0.05, 0) is 17.7 Å². The third-order valence-corrected chi connectivity index (χ3v) is 2.89. The molecule has 0 unspecified atom stereocenters. The molecule has 6 nitrogen and oxygen atoms in total. The van der Waals surface area contributed by atoms with Crippen molar-refractivity contribution in [3.63, 3.8) is 0 Å². The predicted molar refractivity (Wildman–Crippen MR) is 80.3 cm³/mol. The van der Waals surface area contributed by atoms with E-state index in [4.69, 9.17) is 22.1 Å². The maximum Gasteiger partial charge on any atom is 0.236 e. The van der Waals surface area contributed by atoms with Crippen LogP contribution in [0.3, 0.4) is 0 Å². The minimum Gasteiger partial charge on any atom is -0.472 e. The highest BCUT2D eigenvalue weighted by Gasteiger charge is 2.08. The van der Waals surface area contributed by atoms with Gasteiger partial charge in [-0.15, -0.1) is 0 Å². The zero-order valence-corrected chi connectivity index (χ0v) is 12.2. The topological polar surface area (TPSA) is 81.3 Å². The van der Waals surface area contributed by atoms with Crippen molar-refractivity contribution in [1.82, 2.24) is 9.97 Å². The van der Waals surface area contributed by atoms with Crippen LogP contribution in [0.5, 0.6) is 5.88 Å². The van der Waals surface area contributed by atoms with Crippen LogP contribution in [0.25, 0.3) is 0 Å². The van der Waals surface area contributed by atoms with Gasteiger partial charge < -0.3 is 15.4 Å². The van der Waals surface area contributed by atoms with E-state index in [0.29, 0.717) is 23.3 Å². The molecular weight excluding hydrogens is 292 g/mol. The molecule has 0 aliphatic carbocycles. The smallest absolute Gasteiger partial charge is 0.236 e. The lowest BCUT2D eigenvalue weighted by Crippen LogP contribution is -2.31. The maximum atomic E-state index is 10.9. The van der Waals surface area contributed by atoms with Gasteiger partial charge in [0.05, 0.1) is 18.9 Å². The molecule has 0 aliphatic rings. The number of amides is 1. The number of anilines is 1. The van der Waals surface area contributed by atoms with E-state index in [9.17, 15) is 4.79 Å². The second-order valence-electron chi connectivity index (χ2n) is 4.46. The normalized spacial score (nSPS) is 10.2. The molecule has 2 rings (SSSR count). The minimum atomic E-state index is -0.440. The zero-order valence-electron chi connectivity index (χ0n) is 11.5. The van der Waals surface area contributed by atoms with E-state index in [1.165, 1.54) is 12.4 Å². The molecule has 0 spiro atoms. The molecule has 2 aromatic rings. The highest BCUT2D eigenvalue weighted by atomic mass is 35.5. The van der Waals surface area contributed by atoms with Gasteiger partial charge in [-0.2, -0.15) is 4.98 Å². The van der Waals surface area contributed by atoms with Crippen LogP contribution in [0, 0.1) is 0 Å². The fraction of sp³-hybridized carbons (Fsp3) is 0.214. The van der Waals surface area contributed by atoms with E-state index >= 15 is 0 Å². The Hall–Kier alpha value is -2.34. The Balaban J connectivity index is 2.02. The SMILES string of the molecule is CN(CC(N)=O)c1cncc(OCc2cccc(Cl)c2)n1. The van der Waals surface area contributed by atoms with Crippen LogP contribution in [0.4, 0.5) is 5.82 Å². The van der Waals surface area contributed by atoms with Crippen LogP contribution in [0.1, 0.15) is 5.56 Å². The van der Waals surface area contributed by atoms with Gasteiger partial charge in [-0.3, -0.25) is 9.78 Å². The van der Waals surface area contributed by atoms with Crippen LogP contribution in [0.15, 0.2) is 36.7 Å². The summed E-state index contributed by atoms with van der Waals surface area (Å²) in [6.45, 7) is 0.394. The number of hydrogen-bond donors (Lipinski definition) is 1. The van der Waals surface area contributed by atoms with Gasteiger partial charge in [-0.1, -0.05) is 23.7 Å². The summed E-state index contributed by atoms with van der Waals surface area (Å²) in [7, 11) is 1.70. The Morgan fingerprint density at radius 3 is 2.95 bits per heavy atom. The molecule has 1 aromatic carbocycles. The predicted octanol–water partition coefficient (Wildman–Crippen LogP) is 1.63. The molecule has 0 radical (unpaired) electrons. The van der Waals surface area contributed by atoms with Crippen molar-refractivity contribution < 1.29 is 9.53 Å². The molecule has 7 heteroatoms. The van der Waals surface area contributed by atoms with Crippen LogP contribution < -0.4 is 15.4 Å². The summed E-state index contributed by atoms with van der Waals surface area (Å²) in [4.78, 5) is 20.8. The zero-order chi connectivity index (χ0) is 15.2. The summed E-state index contributed by atoms with van der Waals surface area (Å²) in [5.74, 6) is 0.436. The first-order valence-electron chi connectivity index (χ1n) is 6.23. The molecule has 0 saturated carbocycles. The second-order valence-corrected chi connectivity index (χ2v) is 4.89. The fourth-order valence-corrected chi connectivity index (χ4v) is 1.90. The average Bonchev–Trinajstić information content (AvgIpc) is 2.45. The number of benzene rings is 1. The Kier molecular flexibility index (Phi) is 4.94. The quantitative estimate of drug-likeness (QED) is 0.877. The average molecular weight is 307 g/mol. The molecule has 0 atom stereocenters. The van der Waals surface area contributed by atoms with Crippen molar-refractivity contribution in [3.8, 4) is 5.88 Å². The van der Waals surface area contributed by atoms with Crippen LogP contribution in [-0.2, 0) is 11.4 Å². The molecule has 1 amide bonds. The van der Waals surface area contributed by atoms with Crippen molar-refractivity contribution in [2.75, 3.05) is 18.5 Å². The summed E-state index contributed by atoms with van der Waals surface area (Å²) in [5.41, 5.74) is 6.08. The van der Waals surface area contributed by atoms with Gasteiger partial charge in [0.2, 0.25) is 11.8 Å². The molecule has 0 aliphatic heterocycles. The van der Waals surface area contributed by atoms with E-state index in [1.807, 2.05) is 18.2 Å². The number of rotatable bonds is 6. The molecule has 1 aromatic heterocycles. The van der Waals surface area contributed by atoms with Crippen molar-refractivity contribution in [1.29, 1.82) is 0 Å². The molecule has 0 saturated heterocycles. The molecule has 0 fully saturated rings. The number of hydrogen-bond acceptors (Lipinski definition) is 5. The highest BCUT2D eigenvalue weighted by Crippen LogP contribution is 2.15. The number of nitrogens with two attached hydrogens (primary N) is 1. The van der Waals surface area contributed by atoms with E-state index in [-0.39, 0.29) is 6.54 Å². The maximum absolute atomic E-state index is 10.9. The fourth-order valence-electron chi connectivity index (χ4n) is 1.69. The Morgan fingerprint density at radius 2 is 2.24 bits per heavy atom. The van der Waals surface area contributed by atoms with Crippen molar-refractivity contribution in [2.24, 2.45) is 5.73 Å². The summed E-state index contributed by atoms with van der Waals surface area (Å²) in [6, 6.07) is 7.37.